The van der Waals surface area contributed by atoms with Crippen LogP contribution < -0.4 is 5.69 Å². The van der Waals surface area contributed by atoms with Gasteiger partial charge in [0.2, 0.25) is 0 Å². The Morgan fingerprint density at radius 3 is 2.64 bits per heavy atom. The van der Waals surface area contributed by atoms with Crippen LogP contribution in [0, 0.1) is 0 Å². The van der Waals surface area contributed by atoms with Crippen molar-refractivity contribution in [1.29, 1.82) is 0 Å². The number of halogens is 2. The first kappa shape index (κ1) is 9.98. The molecule has 0 aliphatic carbocycles. The molecular formula is C9H8Br2N2O. The molecule has 2 rings (SSSR count). The van der Waals surface area contributed by atoms with Crippen LogP contribution in [0.2, 0.25) is 0 Å². The van der Waals surface area contributed by atoms with Crippen molar-refractivity contribution in [2.75, 3.05) is 0 Å². The van der Waals surface area contributed by atoms with Gasteiger partial charge in [0.25, 0.3) is 0 Å². The summed E-state index contributed by atoms with van der Waals surface area (Å²) in [6.07, 6.45) is 0. The van der Waals surface area contributed by atoms with E-state index in [0.717, 1.165) is 20.0 Å². The molecule has 0 saturated heterocycles. The number of H-pyrrole nitrogens is 1. The minimum absolute atomic E-state index is 0.0625. The van der Waals surface area contributed by atoms with Gasteiger partial charge >= 0.3 is 5.69 Å². The van der Waals surface area contributed by atoms with Crippen molar-refractivity contribution in [3.8, 4) is 0 Å². The van der Waals surface area contributed by atoms with Crippen molar-refractivity contribution in [1.82, 2.24) is 9.55 Å². The Morgan fingerprint density at radius 2 is 2.00 bits per heavy atom. The van der Waals surface area contributed by atoms with E-state index in [1.165, 1.54) is 0 Å². The maximum atomic E-state index is 11.5. The van der Waals surface area contributed by atoms with Crippen molar-refractivity contribution in [3.05, 3.63) is 31.6 Å². The monoisotopic (exact) mass is 318 g/mol. The molecule has 0 spiro atoms. The number of nitrogens with one attached hydrogen (secondary N) is 1. The van der Waals surface area contributed by atoms with Crippen LogP contribution >= 0.6 is 31.9 Å². The van der Waals surface area contributed by atoms with Crippen molar-refractivity contribution in [3.63, 3.8) is 0 Å². The van der Waals surface area contributed by atoms with Gasteiger partial charge in [-0.3, -0.25) is 4.57 Å². The molecule has 1 aromatic heterocycles. The average molecular weight is 320 g/mol. The number of hydrogen-bond donors (Lipinski definition) is 1. The third-order valence-electron chi connectivity index (χ3n) is 2.13. The molecule has 2 aromatic rings. The number of aromatic amines is 1. The molecule has 0 atom stereocenters. The molecule has 0 amide bonds. The number of benzene rings is 1. The molecule has 5 heteroatoms. The van der Waals surface area contributed by atoms with E-state index in [-0.39, 0.29) is 5.69 Å². The lowest BCUT2D eigenvalue weighted by Crippen LogP contribution is -2.14. The summed E-state index contributed by atoms with van der Waals surface area (Å²) < 4.78 is 3.59. The summed E-state index contributed by atoms with van der Waals surface area (Å²) >= 11 is 6.81. The van der Waals surface area contributed by atoms with Crippen molar-refractivity contribution in [2.45, 2.75) is 13.5 Å². The molecule has 0 aliphatic rings. The summed E-state index contributed by atoms with van der Waals surface area (Å²) in [6.45, 7) is 2.62. The SMILES string of the molecule is CCn1c(=O)[nH]c2cc(Br)c(Br)cc21. The Bertz CT molecular complexity index is 541. The molecule has 1 heterocycles. The summed E-state index contributed by atoms with van der Waals surface area (Å²) in [7, 11) is 0. The van der Waals surface area contributed by atoms with Gasteiger partial charge in [-0.25, -0.2) is 4.79 Å². The molecule has 14 heavy (non-hydrogen) atoms. The highest BCUT2D eigenvalue weighted by Crippen LogP contribution is 2.27. The van der Waals surface area contributed by atoms with E-state index in [2.05, 4.69) is 36.8 Å². The number of aromatic nitrogens is 2. The molecule has 0 bridgehead atoms. The van der Waals surface area contributed by atoms with E-state index in [1.807, 2.05) is 19.1 Å². The molecule has 1 N–H and O–H groups in total. The van der Waals surface area contributed by atoms with Crippen molar-refractivity contribution in [2.24, 2.45) is 0 Å². The molecule has 1 aromatic carbocycles. The highest BCUT2D eigenvalue weighted by Gasteiger charge is 2.07. The zero-order valence-electron chi connectivity index (χ0n) is 7.47. The first-order valence-electron chi connectivity index (χ1n) is 4.21. The topological polar surface area (TPSA) is 37.8 Å². The molecule has 0 saturated carbocycles. The first-order valence-corrected chi connectivity index (χ1v) is 5.79. The molecule has 0 fully saturated rings. The molecule has 0 aliphatic heterocycles. The summed E-state index contributed by atoms with van der Waals surface area (Å²) in [6, 6.07) is 3.83. The second kappa shape index (κ2) is 3.55. The third kappa shape index (κ3) is 1.44. The average Bonchev–Trinajstić information content (AvgIpc) is 2.42. The molecule has 0 radical (unpaired) electrons. The van der Waals surface area contributed by atoms with Gasteiger partial charge in [-0.2, -0.15) is 0 Å². The van der Waals surface area contributed by atoms with E-state index in [0.29, 0.717) is 6.54 Å². The Balaban J connectivity index is 2.89. The second-order valence-corrected chi connectivity index (χ2v) is 4.67. The van der Waals surface area contributed by atoms with E-state index in [4.69, 9.17) is 0 Å². The van der Waals surface area contributed by atoms with Crippen LogP contribution in [0.15, 0.2) is 25.9 Å². The quantitative estimate of drug-likeness (QED) is 0.862. The normalized spacial score (nSPS) is 11.1. The standard InChI is InChI=1S/C9H8Br2N2O/c1-2-13-8-4-6(11)5(10)3-7(8)12-9(13)14/h3-4H,2H2,1H3,(H,12,14). The van der Waals surface area contributed by atoms with Gasteiger partial charge in [0.05, 0.1) is 11.0 Å². The summed E-state index contributed by atoms with van der Waals surface area (Å²) in [5.41, 5.74) is 1.71. The number of nitrogens with zero attached hydrogens (tertiary/aromatic N) is 1. The molecule has 74 valence electrons. The molecule has 3 nitrogen and oxygen atoms in total. The zero-order chi connectivity index (χ0) is 10.3. The van der Waals surface area contributed by atoms with Crippen molar-refractivity contribution >= 4 is 42.9 Å². The van der Waals surface area contributed by atoms with Gasteiger partial charge < -0.3 is 4.98 Å². The van der Waals surface area contributed by atoms with Crippen LogP contribution in [0.25, 0.3) is 11.0 Å². The van der Waals surface area contributed by atoms with Crippen LogP contribution in [0.3, 0.4) is 0 Å². The fourth-order valence-corrected chi connectivity index (χ4v) is 2.14. The van der Waals surface area contributed by atoms with E-state index < -0.39 is 0 Å². The number of imidazole rings is 1. The van der Waals surface area contributed by atoms with Crippen molar-refractivity contribution < 1.29 is 0 Å². The number of aryl methyl sites for hydroxylation is 1. The van der Waals surface area contributed by atoms with E-state index in [9.17, 15) is 4.79 Å². The Labute approximate surface area is 97.4 Å². The van der Waals surface area contributed by atoms with Crippen LogP contribution in [0.4, 0.5) is 0 Å². The second-order valence-electron chi connectivity index (χ2n) is 2.96. The van der Waals surface area contributed by atoms with Crippen LogP contribution in [0.1, 0.15) is 6.92 Å². The van der Waals surface area contributed by atoms with Gasteiger partial charge in [0.15, 0.2) is 0 Å². The Kier molecular flexibility index (Phi) is 2.53. The largest absolute Gasteiger partial charge is 0.326 e. The summed E-state index contributed by atoms with van der Waals surface area (Å²) in [5, 5.41) is 0. The van der Waals surface area contributed by atoms with Crippen LogP contribution in [0.5, 0.6) is 0 Å². The van der Waals surface area contributed by atoms with E-state index >= 15 is 0 Å². The predicted molar refractivity (Wildman–Crippen MR) is 63.6 cm³/mol. The highest BCUT2D eigenvalue weighted by atomic mass is 79.9. The van der Waals surface area contributed by atoms with Gasteiger partial charge in [0.1, 0.15) is 0 Å². The minimum atomic E-state index is -0.0625. The maximum absolute atomic E-state index is 11.5. The van der Waals surface area contributed by atoms with Crippen LogP contribution in [-0.2, 0) is 6.54 Å². The lowest BCUT2D eigenvalue weighted by atomic mass is 10.3. The Hall–Kier alpha value is -0.550. The number of hydrogen-bond acceptors (Lipinski definition) is 1. The van der Waals surface area contributed by atoms with Gasteiger partial charge in [0, 0.05) is 15.5 Å². The predicted octanol–water partition coefficient (Wildman–Crippen LogP) is 2.87. The lowest BCUT2D eigenvalue weighted by molar-refractivity contribution is 0.753. The maximum Gasteiger partial charge on any atom is 0.326 e. The smallest absolute Gasteiger partial charge is 0.305 e. The fraction of sp³-hybridized carbons (Fsp3) is 0.222. The number of rotatable bonds is 1. The Morgan fingerprint density at radius 1 is 1.36 bits per heavy atom. The third-order valence-corrected chi connectivity index (χ3v) is 3.98. The molecular weight excluding hydrogens is 312 g/mol. The summed E-state index contributed by atoms with van der Waals surface area (Å²) in [5.74, 6) is 0. The summed E-state index contributed by atoms with van der Waals surface area (Å²) in [4.78, 5) is 14.3. The fourth-order valence-electron chi connectivity index (χ4n) is 1.47. The minimum Gasteiger partial charge on any atom is -0.305 e. The molecule has 0 unspecified atom stereocenters. The zero-order valence-corrected chi connectivity index (χ0v) is 10.6. The first-order chi connectivity index (χ1) is 6.63. The van der Waals surface area contributed by atoms with Gasteiger partial charge in [-0.05, 0) is 50.9 Å². The van der Waals surface area contributed by atoms with Crippen LogP contribution in [-0.4, -0.2) is 9.55 Å². The lowest BCUT2D eigenvalue weighted by Gasteiger charge is -1.99. The van der Waals surface area contributed by atoms with Gasteiger partial charge in [-0.15, -0.1) is 0 Å². The van der Waals surface area contributed by atoms with Gasteiger partial charge in [-0.1, -0.05) is 0 Å². The van der Waals surface area contributed by atoms with E-state index in [1.54, 1.807) is 4.57 Å². The highest BCUT2D eigenvalue weighted by molar-refractivity contribution is 9.13. The number of fused-ring (bicyclic) bond motifs is 1.